The minimum absolute atomic E-state index is 0.549. The molecule has 3 heteroatoms. The summed E-state index contributed by atoms with van der Waals surface area (Å²) in [6.07, 6.45) is 3.83. The van der Waals surface area contributed by atoms with Crippen molar-refractivity contribution in [1.29, 1.82) is 0 Å². The van der Waals surface area contributed by atoms with Crippen LogP contribution in [0.1, 0.15) is 33.1 Å². The van der Waals surface area contributed by atoms with Gasteiger partial charge in [0.05, 0.1) is 12.3 Å². The molecule has 1 aromatic carbocycles. The van der Waals surface area contributed by atoms with E-state index in [0.29, 0.717) is 12.6 Å². The van der Waals surface area contributed by atoms with Crippen LogP contribution >= 0.6 is 11.6 Å². The Kier molecular flexibility index (Phi) is 4.16. The average molecular weight is 254 g/mol. The second kappa shape index (κ2) is 5.63. The molecule has 1 unspecified atom stereocenters. The summed E-state index contributed by atoms with van der Waals surface area (Å²) < 4.78 is 5.62. The van der Waals surface area contributed by atoms with Crippen LogP contribution in [0.5, 0.6) is 5.75 Å². The highest BCUT2D eigenvalue weighted by Crippen LogP contribution is 2.37. The van der Waals surface area contributed by atoms with Crippen LogP contribution in [0.25, 0.3) is 0 Å². The van der Waals surface area contributed by atoms with Crippen LogP contribution < -0.4 is 10.1 Å². The standard InChI is InChI=1S/C14H20ClNO/c1-3-12(10-5-6-10)16-13-9-11(15)7-8-14(13)17-4-2/h7-10,12,16H,3-6H2,1-2H3. The van der Waals surface area contributed by atoms with Gasteiger partial charge in [0.2, 0.25) is 0 Å². The van der Waals surface area contributed by atoms with Gasteiger partial charge in [-0.2, -0.15) is 0 Å². The Bertz CT molecular complexity index is 376. The van der Waals surface area contributed by atoms with E-state index in [9.17, 15) is 0 Å². The van der Waals surface area contributed by atoms with E-state index < -0.39 is 0 Å². The van der Waals surface area contributed by atoms with Gasteiger partial charge in [-0.1, -0.05) is 18.5 Å². The number of halogens is 1. The first-order valence-electron chi connectivity index (χ1n) is 6.43. The van der Waals surface area contributed by atoms with Gasteiger partial charge < -0.3 is 10.1 Å². The minimum atomic E-state index is 0.549. The van der Waals surface area contributed by atoms with E-state index in [1.54, 1.807) is 0 Å². The van der Waals surface area contributed by atoms with Gasteiger partial charge in [0.1, 0.15) is 5.75 Å². The van der Waals surface area contributed by atoms with Gasteiger partial charge in [-0.3, -0.25) is 0 Å². The quantitative estimate of drug-likeness (QED) is 0.814. The van der Waals surface area contributed by atoms with E-state index >= 15 is 0 Å². The summed E-state index contributed by atoms with van der Waals surface area (Å²) in [6.45, 7) is 4.90. The molecule has 1 fully saturated rings. The molecule has 0 saturated heterocycles. The van der Waals surface area contributed by atoms with Crippen LogP contribution in [-0.4, -0.2) is 12.6 Å². The number of anilines is 1. The van der Waals surface area contributed by atoms with Crippen molar-refractivity contribution in [2.45, 2.75) is 39.2 Å². The normalized spacial score (nSPS) is 16.6. The van der Waals surface area contributed by atoms with Gasteiger partial charge in [-0.15, -0.1) is 0 Å². The maximum atomic E-state index is 6.04. The Labute approximate surface area is 108 Å². The van der Waals surface area contributed by atoms with Crippen molar-refractivity contribution in [3.8, 4) is 5.75 Å². The maximum Gasteiger partial charge on any atom is 0.142 e. The Morgan fingerprint density at radius 3 is 2.76 bits per heavy atom. The molecule has 2 rings (SSSR count). The fraction of sp³-hybridized carbons (Fsp3) is 0.571. The summed E-state index contributed by atoms with van der Waals surface area (Å²) in [7, 11) is 0. The van der Waals surface area contributed by atoms with Gasteiger partial charge >= 0.3 is 0 Å². The fourth-order valence-corrected chi connectivity index (χ4v) is 2.32. The highest BCUT2D eigenvalue weighted by atomic mass is 35.5. The summed E-state index contributed by atoms with van der Waals surface area (Å²) in [4.78, 5) is 0. The molecule has 94 valence electrons. The molecule has 1 aromatic rings. The van der Waals surface area contributed by atoms with Gasteiger partial charge in [0, 0.05) is 11.1 Å². The molecule has 1 saturated carbocycles. The summed E-state index contributed by atoms with van der Waals surface area (Å²) >= 11 is 6.04. The molecular weight excluding hydrogens is 234 g/mol. The second-order valence-electron chi connectivity index (χ2n) is 4.57. The lowest BCUT2D eigenvalue weighted by Crippen LogP contribution is -2.21. The third-order valence-electron chi connectivity index (χ3n) is 3.21. The number of ether oxygens (including phenoxy) is 1. The highest BCUT2D eigenvalue weighted by molar-refractivity contribution is 6.30. The first-order valence-corrected chi connectivity index (χ1v) is 6.81. The highest BCUT2D eigenvalue weighted by Gasteiger charge is 2.30. The van der Waals surface area contributed by atoms with Crippen molar-refractivity contribution < 1.29 is 4.74 Å². The average Bonchev–Trinajstić information content (AvgIpc) is 3.13. The molecule has 0 aromatic heterocycles. The van der Waals surface area contributed by atoms with Crippen molar-refractivity contribution in [2.75, 3.05) is 11.9 Å². The fourth-order valence-electron chi connectivity index (χ4n) is 2.15. The lowest BCUT2D eigenvalue weighted by atomic mass is 10.1. The SMILES string of the molecule is CCOc1ccc(Cl)cc1NC(CC)C1CC1. The Morgan fingerprint density at radius 1 is 1.41 bits per heavy atom. The number of benzene rings is 1. The third kappa shape index (κ3) is 3.29. The number of nitrogens with one attached hydrogen (secondary N) is 1. The molecular formula is C14H20ClNO. The summed E-state index contributed by atoms with van der Waals surface area (Å²) in [6, 6.07) is 6.31. The third-order valence-corrected chi connectivity index (χ3v) is 3.45. The van der Waals surface area contributed by atoms with E-state index in [1.165, 1.54) is 12.8 Å². The van der Waals surface area contributed by atoms with Crippen LogP contribution in [0.15, 0.2) is 18.2 Å². The van der Waals surface area contributed by atoms with E-state index in [4.69, 9.17) is 16.3 Å². The smallest absolute Gasteiger partial charge is 0.142 e. The molecule has 2 nitrogen and oxygen atoms in total. The Hall–Kier alpha value is -0.890. The van der Waals surface area contributed by atoms with Gasteiger partial charge in [-0.05, 0) is 50.3 Å². The largest absolute Gasteiger partial charge is 0.492 e. The minimum Gasteiger partial charge on any atom is -0.492 e. The first kappa shape index (κ1) is 12.6. The van der Waals surface area contributed by atoms with Crippen LogP contribution in [0.2, 0.25) is 5.02 Å². The summed E-state index contributed by atoms with van der Waals surface area (Å²) in [5, 5.41) is 4.33. The lowest BCUT2D eigenvalue weighted by molar-refractivity contribution is 0.341. The molecule has 1 aliphatic rings. The topological polar surface area (TPSA) is 21.3 Å². The zero-order chi connectivity index (χ0) is 12.3. The predicted molar refractivity (Wildman–Crippen MR) is 73.0 cm³/mol. The molecule has 0 amide bonds. The first-order chi connectivity index (χ1) is 8.24. The van der Waals surface area contributed by atoms with Crippen LogP contribution in [0, 0.1) is 5.92 Å². The predicted octanol–water partition coefficient (Wildman–Crippen LogP) is 4.34. The monoisotopic (exact) mass is 253 g/mol. The molecule has 0 aliphatic heterocycles. The van der Waals surface area contributed by atoms with E-state index in [2.05, 4.69) is 12.2 Å². The van der Waals surface area contributed by atoms with Gasteiger partial charge in [0.25, 0.3) is 0 Å². The van der Waals surface area contributed by atoms with E-state index in [0.717, 1.165) is 28.8 Å². The van der Waals surface area contributed by atoms with Crippen molar-refractivity contribution in [1.82, 2.24) is 0 Å². The van der Waals surface area contributed by atoms with Crippen LogP contribution in [0.3, 0.4) is 0 Å². The molecule has 17 heavy (non-hydrogen) atoms. The molecule has 0 bridgehead atoms. The van der Waals surface area contributed by atoms with E-state index in [1.807, 2.05) is 25.1 Å². The molecule has 1 aliphatic carbocycles. The van der Waals surface area contributed by atoms with Crippen molar-refractivity contribution in [3.05, 3.63) is 23.2 Å². The van der Waals surface area contributed by atoms with Gasteiger partial charge in [0.15, 0.2) is 0 Å². The van der Waals surface area contributed by atoms with Crippen molar-refractivity contribution in [2.24, 2.45) is 5.92 Å². The zero-order valence-corrected chi connectivity index (χ0v) is 11.3. The van der Waals surface area contributed by atoms with Crippen molar-refractivity contribution in [3.63, 3.8) is 0 Å². The van der Waals surface area contributed by atoms with E-state index in [-0.39, 0.29) is 0 Å². The second-order valence-corrected chi connectivity index (χ2v) is 5.01. The lowest BCUT2D eigenvalue weighted by Gasteiger charge is -2.20. The Balaban J connectivity index is 2.13. The Morgan fingerprint density at radius 2 is 2.18 bits per heavy atom. The molecule has 0 spiro atoms. The number of hydrogen-bond donors (Lipinski definition) is 1. The molecule has 1 N–H and O–H groups in total. The zero-order valence-electron chi connectivity index (χ0n) is 10.5. The van der Waals surface area contributed by atoms with Crippen molar-refractivity contribution >= 4 is 17.3 Å². The van der Waals surface area contributed by atoms with Crippen LogP contribution in [-0.2, 0) is 0 Å². The maximum absolute atomic E-state index is 6.04. The summed E-state index contributed by atoms with van der Waals surface area (Å²) in [5.41, 5.74) is 1.03. The van der Waals surface area contributed by atoms with Gasteiger partial charge in [-0.25, -0.2) is 0 Å². The van der Waals surface area contributed by atoms with Crippen LogP contribution in [0.4, 0.5) is 5.69 Å². The molecule has 1 atom stereocenters. The molecule has 0 heterocycles. The number of rotatable bonds is 6. The molecule has 0 radical (unpaired) electrons. The summed E-state index contributed by atoms with van der Waals surface area (Å²) in [5.74, 6) is 1.73. The number of hydrogen-bond acceptors (Lipinski definition) is 2.